The number of carbonyl (C=O) groups is 2. The van der Waals surface area contributed by atoms with E-state index >= 15 is 0 Å². The second-order valence-electron chi connectivity index (χ2n) is 3.17. The highest BCUT2D eigenvalue weighted by Crippen LogP contribution is 2.32. The summed E-state index contributed by atoms with van der Waals surface area (Å²) in [6.45, 7) is 0. The Morgan fingerprint density at radius 2 is 1.42 bits per heavy atom. The number of hydrogen-bond acceptors (Lipinski definition) is 2. The van der Waals surface area contributed by atoms with Crippen molar-refractivity contribution in [3.05, 3.63) is 0 Å². The Morgan fingerprint density at radius 1 is 1.00 bits per heavy atom. The van der Waals surface area contributed by atoms with Crippen LogP contribution in [0.15, 0.2) is 0 Å². The number of hydrogen-bond donors (Lipinski definition) is 0. The molecule has 0 aliphatic heterocycles. The summed E-state index contributed by atoms with van der Waals surface area (Å²) in [4.78, 5) is 21.9. The van der Waals surface area contributed by atoms with Crippen LogP contribution < -0.4 is 0 Å². The van der Waals surface area contributed by atoms with Crippen LogP contribution in [0.4, 0.5) is 0 Å². The van der Waals surface area contributed by atoms with E-state index in [1.54, 1.807) is 0 Å². The molecular formula is C8H10Br2O2. The van der Waals surface area contributed by atoms with Gasteiger partial charge in [-0.3, -0.25) is 9.59 Å². The van der Waals surface area contributed by atoms with Crippen LogP contribution in [-0.4, -0.2) is 9.39 Å². The monoisotopic (exact) mass is 296 g/mol. The van der Waals surface area contributed by atoms with Gasteiger partial charge in [0.05, 0.1) is 0 Å². The lowest BCUT2D eigenvalue weighted by molar-refractivity contribution is -0.118. The lowest BCUT2D eigenvalue weighted by Gasteiger charge is -2.24. The van der Waals surface area contributed by atoms with Crippen molar-refractivity contribution in [3.63, 3.8) is 0 Å². The highest BCUT2D eigenvalue weighted by molar-refractivity contribution is 9.18. The molecule has 2 unspecified atom stereocenters. The Kier molecular flexibility index (Phi) is 3.90. The van der Waals surface area contributed by atoms with Gasteiger partial charge in [0.15, 0.2) is 0 Å². The standard InChI is InChI=1S/C8H10Br2O2/c9-7(11)5-2-1-3-6(4-5)8(10)12/h5-6H,1-4H2. The minimum Gasteiger partial charge on any atom is -0.286 e. The van der Waals surface area contributed by atoms with E-state index < -0.39 is 0 Å². The van der Waals surface area contributed by atoms with E-state index in [1.165, 1.54) is 0 Å². The normalized spacial score (nSPS) is 29.8. The fourth-order valence-electron chi connectivity index (χ4n) is 1.60. The van der Waals surface area contributed by atoms with Crippen LogP contribution in [0.2, 0.25) is 0 Å². The molecule has 0 amide bonds. The van der Waals surface area contributed by atoms with Gasteiger partial charge < -0.3 is 0 Å². The van der Waals surface area contributed by atoms with Crippen molar-refractivity contribution in [2.24, 2.45) is 11.8 Å². The van der Waals surface area contributed by atoms with Crippen LogP contribution in [0.3, 0.4) is 0 Å². The maximum absolute atomic E-state index is 11.0. The first kappa shape index (κ1) is 10.4. The SMILES string of the molecule is O=C(Br)C1CCCC(C(=O)Br)C1. The summed E-state index contributed by atoms with van der Waals surface area (Å²) < 4.78 is 0.0851. The lowest BCUT2D eigenvalue weighted by Crippen LogP contribution is -2.22. The maximum Gasteiger partial charge on any atom is 0.200 e. The van der Waals surface area contributed by atoms with Gasteiger partial charge in [-0.2, -0.15) is 0 Å². The highest BCUT2D eigenvalue weighted by Gasteiger charge is 2.28. The van der Waals surface area contributed by atoms with Crippen LogP contribution in [0.5, 0.6) is 0 Å². The average Bonchev–Trinajstić information content (AvgIpc) is 2.04. The minimum atomic E-state index is 0.0425. The fourth-order valence-corrected chi connectivity index (χ4v) is 2.43. The topological polar surface area (TPSA) is 34.1 Å². The van der Waals surface area contributed by atoms with Gasteiger partial charge in [-0.05, 0) is 51.1 Å². The van der Waals surface area contributed by atoms with E-state index in [-0.39, 0.29) is 21.2 Å². The van der Waals surface area contributed by atoms with Crippen molar-refractivity contribution in [2.75, 3.05) is 0 Å². The maximum atomic E-state index is 11.0. The van der Waals surface area contributed by atoms with Crippen LogP contribution in [-0.2, 0) is 9.59 Å². The summed E-state index contributed by atoms with van der Waals surface area (Å²) in [5.74, 6) is 0.0931. The van der Waals surface area contributed by atoms with Crippen molar-refractivity contribution in [1.82, 2.24) is 0 Å². The summed E-state index contributed by atoms with van der Waals surface area (Å²) in [7, 11) is 0. The molecular weight excluding hydrogens is 288 g/mol. The van der Waals surface area contributed by atoms with Gasteiger partial charge in [0.2, 0.25) is 9.39 Å². The van der Waals surface area contributed by atoms with Crippen molar-refractivity contribution in [2.45, 2.75) is 25.7 Å². The average molecular weight is 298 g/mol. The van der Waals surface area contributed by atoms with E-state index in [2.05, 4.69) is 31.9 Å². The van der Waals surface area contributed by atoms with Crippen LogP contribution in [0.1, 0.15) is 25.7 Å². The quantitative estimate of drug-likeness (QED) is 0.734. The summed E-state index contributed by atoms with van der Waals surface area (Å²) in [5, 5.41) is 0. The minimum absolute atomic E-state index is 0.0425. The molecule has 0 aromatic rings. The Morgan fingerprint density at radius 3 is 1.75 bits per heavy atom. The largest absolute Gasteiger partial charge is 0.286 e. The predicted molar refractivity (Wildman–Crippen MR) is 53.3 cm³/mol. The Hall–Kier alpha value is 0.300. The van der Waals surface area contributed by atoms with E-state index in [4.69, 9.17) is 0 Å². The van der Waals surface area contributed by atoms with Gasteiger partial charge in [0.25, 0.3) is 0 Å². The van der Waals surface area contributed by atoms with Crippen molar-refractivity contribution in [1.29, 1.82) is 0 Å². The van der Waals surface area contributed by atoms with E-state index in [0.29, 0.717) is 6.42 Å². The molecule has 1 fully saturated rings. The zero-order valence-corrected chi connectivity index (χ0v) is 9.73. The predicted octanol–water partition coefficient (Wildman–Crippen LogP) is 2.64. The molecule has 0 spiro atoms. The third-order valence-corrected chi connectivity index (χ3v) is 3.61. The Balaban J connectivity index is 2.51. The fraction of sp³-hybridized carbons (Fsp3) is 0.750. The molecule has 1 aliphatic carbocycles. The van der Waals surface area contributed by atoms with E-state index in [0.717, 1.165) is 19.3 Å². The van der Waals surface area contributed by atoms with Gasteiger partial charge in [0.1, 0.15) is 0 Å². The molecule has 0 heterocycles. The summed E-state index contributed by atoms with van der Waals surface area (Å²) >= 11 is 5.89. The number of halogens is 2. The van der Waals surface area contributed by atoms with Crippen molar-refractivity contribution < 1.29 is 9.59 Å². The number of rotatable bonds is 2. The lowest BCUT2D eigenvalue weighted by atomic mass is 9.83. The molecule has 0 bridgehead atoms. The molecule has 2 nitrogen and oxygen atoms in total. The van der Waals surface area contributed by atoms with Crippen LogP contribution >= 0.6 is 31.9 Å². The van der Waals surface area contributed by atoms with Gasteiger partial charge in [-0.1, -0.05) is 6.42 Å². The summed E-state index contributed by atoms with van der Waals surface area (Å²) in [6.07, 6.45) is 3.51. The smallest absolute Gasteiger partial charge is 0.200 e. The third kappa shape index (κ3) is 2.66. The molecule has 1 rings (SSSR count). The molecule has 0 aromatic heterocycles. The first-order valence-corrected chi connectivity index (χ1v) is 5.58. The van der Waals surface area contributed by atoms with E-state index in [1.807, 2.05) is 0 Å². The number of carbonyl (C=O) groups excluding carboxylic acids is 2. The molecule has 0 aromatic carbocycles. The van der Waals surface area contributed by atoms with Gasteiger partial charge in [-0.25, -0.2) is 0 Å². The second kappa shape index (κ2) is 4.51. The van der Waals surface area contributed by atoms with Crippen LogP contribution in [0, 0.1) is 11.8 Å². The molecule has 1 saturated carbocycles. The molecule has 12 heavy (non-hydrogen) atoms. The van der Waals surface area contributed by atoms with Gasteiger partial charge in [0, 0.05) is 11.8 Å². The summed E-state index contributed by atoms with van der Waals surface area (Å²) in [6, 6.07) is 0. The third-order valence-electron chi connectivity index (χ3n) is 2.32. The van der Waals surface area contributed by atoms with Crippen molar-refractivity contribution >= 4 is 41.2 Å². The molecule has 0 saturated heterocycles. The van der Waals surface area contributed by atoms with E-state index in [9.17, 15) is 9.59 Å². The Bertz CT molecular complexity index is 183. The Labute approximate surface area is 88.3 Å². The molecule has 68 valence electrons. The highest BCUT2D eigenvalue weighted by atomic mass is 79.9. The molecule has 1 aliphatic rings. The van der Waals surface area contributed by atoms with Gasteiger partial charge in [-0.15, -0.1) is 0 Å². The zero-order valence-electron chi connectivity index (χ0n) is 6.56. The molecule has 4 heteroatoms. The van der Waals surface area contributed by atoms with Crippen molar-refractivity contribution in [3.8, 4) is 0 Å². The molecule has 0 N–H and O–H groups in total. The molecule has 2 atom stereocenters. The summed E-state index contributed by atoms with van der Waals surface area (Å²) in [5.41, 5.74) is 0. The van der Waals surface area contributed by atoms with Gasteiger partial charge >= 0.3 is 0 Å². The second-order valence-corrected chi connectivity index (χ2v) is 4.73. The van der Waals surface area contributed by atoms with Crippen LogP contribution in [0.25, 0.3) is 0 Å². The first-order chi connectivity index (χ1) is 5.61. The molecule has 0 radical (unpaired) electrons. The zero-order chi connectivity index (χ0) is 9.14. The first-order valence-electron chi connectivity index (χ1n) is 4.00.